The van der Waals surface area contributed by atoms with Gasteiger partial charge in [0.2, 0.25) is 11.8 Å². The third-order valence-electron chi connectivity index (χ3n) is 2.77. The van der Waals surface area contributed by atoms with Crippen molar-refractivity contribution in [1.82, 2.24) is 4.98 Å². The first-order chi connectivity index (χ1) is 9.95. The number of thiazole rings is 1. The van der Waals surface area contributed by atoms with Gasteiger partial charge in [-0.25, -0.2) is 4.98 Å². The average Bonchev–Trinajstić information content (AvgIpc) is 2.88. The van der Waals surface area contributed by atoms with Crippen LogP contribution in [0.5, 0.6) is 0 Å². The fourth-order valence-electron chi connectivity index (χ4n) is 1.57. The topological polar surface area (TPSA) is 62.3 Å². The molecule has 1 aromatic carbocycles. The zero-order valence-electron chi connectivity index (χ0n) is 11.6. The molecule has 0 atom stereocenters. The number of halogens is 1. The molecule has 0 aliphatic heterocycles. The predicted octanol–water partition coefficient (Wildman–Crippen LogP) is 2.96. The van der Waals surface area contributed by atoms with E-state index in [1.54, 1.807) is 36.7 Å². The normalized spacial score (nSPS) is 10.2. The number of anilines is 2. The van der Waals surface area contributed by atoms with E-state index in [0.717, 1.165) is 0 Å². The van der Waals surface area contributed by atoms with Gasteiger partial charge in [-0.2, -0.15) is 0 Å². The minimum atomic E-state index is -0.167. The van der Waals surface area contributed by atoms with Crippen molar-refractivity contribution in [3.63, 3.8) is 0 Å². The third kappa shape index (κ3) is 4.27. The molecule has 1 N–H and O–H groups in total. The van der Waals surface area contributed by atoms with Gasteiger partial charge in [0.05, 0.1) is 12.1 Å². The molecular formula is C14H14ClN3O2S. The highest BCUT2D eigenvalue weighted by Gasteiger charge is 2.12. The molecule has 21 heavy (non-hydrogen) atoms. The Labute approximate surface area is 131 Å². The van der Waals surface area contributed by atoms with E-state index < -0.39 is 0 Å². The SMILES string of the molecule is CC(=O)N(C)c1nc(CC(=O)Nc2ccc(Cl)cc2)cs1. The molecule has 2 aromatic rings. The lowest BCUT2D eigenvalue weighted by Crippen LogP contribution is -2.22. The van der Waals surface area contributed by atoms with Gasteiger partial charge >= 0.3 is 0 Å². The van der Waals surface area contributed by atoms with Crippen LogP contribution in [0.3, 0.4) is 0 Å². The maximum Gasteiger partial charge on any atom is 0.230 e. The Morgan fingerprint density at radius 1 is 1.33 bits per heavy atom. The van der Waals surface area contributed by atoms with Gasteiger partial charge in [0.25, 0.3) is 0 Å². The Bertz CT molecular complexity index is 654. The second-order valence-corrected chi connectivity index (χ2v) is 5.70. The summed E-state index contributed by atoms with van der Waals surface area (Å²) in [5.41, 5.74) is 1.32. The van der Waals surface area contributed by atoms with Crippen LogP contribution in [0.1, 0.15) is 12.6 Å². The maximum absolute atomic E-state index is 11.9. The first-order valence-electron chi connectivity index (χ1n) is 6.20. The molecule has 1 heterocycles. The number of amides is 2. The Morgan fingerprint density at radius 3 is 2.62 bits per heavy atom. The number of nitrogens with zero attached hydrogens (tertiary/aromatic N) is 2. The van der Waals surface area contributed by atoms with Crippen molar-refractivity contribution in [3.05, 3.63) is 40.4 Å². The predicted molar refractivity (Wildman–Crippen MR) is 85.0 cm³/mol. The average molecular weight is 324 g/mol. The summed E-state index contributed by atoms with van der Waals surface area (Å²) < 4.78 is 0. The van der Waals surface area contributed by atoms with Gasteiger partial charge in [-0.15, -0.1) is 11.3 Å². The highest BCUT2D eigenvalue weighted by atomic mass is 35.5. The molecule has 0 aliphatic rings. The molecule has 0 unspecified atom stereocenters. The molecule has 0 radical (unpaired) electrons. The second-order valence-electron chi connectivity index (χ2n) is 4.43. The van der Waals surface area contributed by atoms with E-state index in [-0.39, 0.29) is 18.2 Å². The Kier molecular flexibility index (Phi) is 4.93. The van der Waals surface area contributed by atoms with Crippen LogP contribution in [0.15, 0.2) is 29.6 Å². The van der Waals surface area contributed by atoms with Crippen LogP contribution < -0.4 is 10.2 Å². The van der Waals surface area contributed by atoms with Crippen molar-refractivity contribution in [2.24, 2.45) is 0 Å². The summed E-state index contributed by atoms with van der Waals surface area (Å²) in [6.45, 7) is 1.47. The molecule has 7 heteroatoms. The van der Waals surface area contributed by atoms with Crippen LogP contribution >= 0.6 is 22.9 Å². The van der Waals surface area contributed by atoms with Crippen LogP contribution in [0.2, 0.25) is 5.02 Å². The molecule has 0 aliphatic carbocycles. The van der Waals surface area contributed by atoms with E-state index in [4.69, 9.17) is 11.6 Å². The van der Waals surface area contributed by atoms with E-state index in [2.05, 4.69) is 10.3 Å². The fourth-order valence-corrected chi connectivity index (χ4v) is 2.53. The van der Waals surface area contributed by atoms with Gasteiger partial charge in [0.1, 0.15) is 0 Å². The summed E-state index contributed by atoms with van der Waals surface area (Å²) in [5, 5.41) is 5.73. The number of hydrogen-bond acceptors (Lipinski definition) is 4. The van der Waals surface area contributed by atoms with Crippen molar-refractivity contribution < 1.29 is 9.59 Å². The smallest absolute Gasteiger partial charge is 0.230 e. The van der Waals surface area contributed by atoms with Crippen LogP contribution in [-0.2, 0) is 16.0 Å². The molecule has 0 saturated carbocycles. The fraction of sp³-hybridized carbons (Fsp3) is 0.214. The number of aromatic nitrogens is 1. The molecule has 110 valence electrons. The summed E-state index contributed by atoms with van der Waals surface area (Å²) in [7, 11) is 1.65. The summed E-state index contributed by atoms with van der Waals surface area (Å²) in [5.74, 6) is -0.263. The molecular weight excluding hydrogens is 310 g/mol. The van der Waals surface area contributed by atoms with Gasteiger partial charge in [-0.3, -0.25) is 14.5 Å². The van der Waals surface area contributed by atoms with E-state index in [9.17, 15) is 9.59 Å². The van der Waals surface area contributed by atoms with Crippen LogP contribution in [0, 0.1) is 0 Å². The molecule has 0 saturated heterocycles. The summed E-state index contributed by atoms with van der Waals surface area (Å²) in [6, 6.07) is 6.88. The van der Waals surface area contributed by atoms with Crippen molar-refractivity contribution in [1.29, 1.82) is 0 Å². The molecule has 5 nitrogen and oxygen atoms in total. The number of nitrogens with one attached hydrogen (secondary N) is 1. The lowest BCUT2D eigenvalue weighted by atomic mass is 10.3. The first-order valence-corrected chi connectivity index (χ1v) is 7.45. The van der Waals surface area contributed by atoms with Gasteiger partial charge in [0.15, 0.2) is 5.13 Å². The van der Waals surface area contributed by atoms with Crippen molar-refractivity contribution in [3.8, 4) is 0 Å². The summed E-state index contributed by atoms with van der Waals surface area (Å²) >= 11 is 7.12. The number of hydrogen-bond donors (Lipinski definition) is 1. The molecule has 2 amide bonds. The first kappa shape index (κ1) is 15.5. The number of carbonyl (C=O) groups excluding carboxylic acids is 2. The van der Waals surface area contributed by atoms with Gasteiger partial charge in [0, 0.05) is 30.1 Å². The number of rotatable bonds is 4. The lowest BCUT2D eigenvalue weighted by Gasteiger charge is -2.09. The second kappa shape index (κ2) is 6.69. The largest absolute Gasteiger partial charge is 0.326 e. The van der Waals surface area contributed by atoms with Crippen LogP contribution in [-0.4, -0.2) is 23.8 Å². The molecule has 2 rings (SSSR count). The minimum Gasteiger partial charge on any atom is -0.326 e. The van der Waals surface area contributed by atoms with E-state index in [0.29, 0.717) is 21.5 Å². The van der Waals surface area contributed by atoms with Crippen molar-refractivity contribution in [2.45, 2.75) is 13.3 Å². The van der Waals surface area contributed by atoms with Crippen molar-refractivity contribution >= 4 is 45.6 Å². The molecule has 0 spiro atoms. The van der Waals surface area contributed by atoms with Crippen LogP contribution in [0.4, 0.5) is 10.8 Å². The standard InChI is InChI=1S/C14H14ClN3O2S/c1-9(19)18(2)14-17-12(8-21-14)7-13(20)16-11-5-3-10(15)4-6-11/h3-6,8H,7H2,1-2H3,(H,16,20). The number of carbonyl (C=O) groups is 2. The van der Waals surface area contributed by atoms with E-state index in [1.165, 1.54) is 23.2 Å². The molecule has 0 fully saturated rings. The Hall–Kier alpha value is -1.92. The zero-order chi connectivity index (χ0) is 15.4. The summed E-state index contributed by atoms with van der Waals surface area (Å²) in [6.07, 6.45) is 0.158. The van der Waals surface area contributed by atoms with E-state index >= 15 is 0 Å². The lowest BCUT2D eigenvalue weighted by molar-refractivity contribution is -0.116. The molecule has 1 aromatic heterocycles. The van der Waals surface area contributed by atoms with Gasteiger partial charge in [-0.1, -0.05) is 11.6 Å². The highest BCUT2D eigenvalue weighted by molar-refractivity contribution is 7.14. The van der Waals surface area contributed by atoms with Gasteiger partial charge < -0.3 is 5.32 Å². The maximum atomic E-state index is 11.9. The zero-order valence-corrected chi connectivity index (χ0v) is 13.2. The number of benzene rings is 1. The Balaban J connectivity index is 1.97. The Morgan fingerprint density at radius 2 is 2.00 bits per heavy atom. The minimum absolute atomic E-state index is 0.0958. The van der Waals surface area contributed by atoms with Gasteiger partial charge in [-0.05, 0) is 24.3 Å². The summed E-state index contributed by atoms with van der Waals surface area (Å²) in [4.78, 5) is 28.9. The highest BCUT2D eigenvalue weighted by Crippen LogP contribution is 2.20. The molecule has 0 bridgehead atoms. The monoisotopic (exact) mass is 323 g/mol. The third-order valence-corrected chi connectivity index (χ3v) is 3.99. The quantitative estimate of drug-likeness (QED) is 0.941. The van der Waals surface area contributed by atoms with Crippen LogP contribution in [0.25, 0.3) is 0 Å². The van der Waals surface area contributed by atoms with E-state index in [1.807, 2.05) is 0 Å². The van der Waals surface area contributed by atoms with Crippen molar-refractivity contribution in [2.75, 3.05) is 17.3 Å².